The van der Waals surface area contributed by atoms with Crippen molar-refractivity contribution >= 4 is 37.5 Å². The Labute approximate surface area is 100 Å². The molecular weight excluding hydrogens is 342 g/mol. The molecule has 0 saturated heterocycles. The highest BCUT2D eigenvalue weighted by Gasteiger charge is 2.23. The van der Waals surface area contributed by atoms with E-state index in [4.69, 9.17) is 0 Å². The van der Waals surface area contributed by atoms with Crippen LogP contribution >= 0.6 is 31.9 Å². The van der Waals surface area contributed by atoms with Gasteiger partial charge < -0.3 is 0 Å². The fraction of sp³-hybridized carbons (Fsp3) is 0.286. The number of nitrogens with zero attached hydrogens (tertiary/aromatic N) is 2. The minimum atomic E-state index is -2.85. The molecule has 1 aromatic heterocycles. The van der Waals surface area contributed by atoms with E-state index in [9.17, 15) is 18.9 Å². The minimum absolute atomic E-state index is 0.181. The fourth-order valence-corrected chi connectivity index (χ4v) is 1.74. The van der Waals surface area contributed by atoms with Gasteiger partial charge >= 0.3 is 0 Å². The third kappa shape index (κ3) is 2.69. The summed E-state index contributed by atoms with van der Waals surface area (Å²) in [5.41, 5.74) is -0.825. The standard InChI is InChI=1S/C7H4Br2F2N2O2/c8-2-3-1-4(13(14)15)5(9)6(12-3)7(10)11/h1,7H,2H2. The largest absolute Gasteiger partial charge is 0.287 e. The van der Waals surface area contributed by atoms with E-state index in [-0.39, 0.29) is 15.5 Å². The average molecular weight is 346 g/mol. The van der Waals surface area contributed by atoms with Crippen LogP contribution in [0.15, 0.2) is 10.5 Å². The number of hydrogen-bond acceptors (Lipinski definition) is 3. The first kappa shape index (κ1) is 12.4. The van der Waals surface area contributed by atoms with Crippen LogP contribution in [-0.2, 0) is 5.33 Å². The van der Waals surface area contributed by atoms with Crippen molar-refractivity contribution in [2.45, 2.75) is 11.8 Å². The lowest BCUT2D eigenvalue weighted by molar-refractivity contribution is -0.385. The van der Waals surface area contributed by atoms with Crippen LogP contribution in [0, 0.1) is 10.1 Å². The van der Waals surface area contributed by atoms with E-state index in [1.807, 2.05) is 0 Å². The molecule has 0 bridgehead atoms. The lowest BCUT2D eigenvalue weighted by Crippen LogP contribution is -2.00. The Morgan fingerprint density at radius 2 is 2.20 bits per heavy atom. The molecule has 82 valence electrons. The van der Waals surface area contributed by atoms with Crippen LogP contribution in [0.1, 0.15) is 17.8 Å². The Morgan fingerprint density at radius 3 is 2.60 bits per heavy atom. The van der Waals surface area contributed by atoms with Gasteiger partial charge in [0, 0.05) is 11.4 Å². The highest BCUT2D eigenvalue weighted by atomic mass is 79.9. The van der Waals surface area contributed by atoms with E-state index in [1.54, 1.807) is 0 Å². The van der Waals surface area contributed by atoms with Crippen LogP contribution in [0.4, 0.5) is 14.5 Å². The van der Waals surface area contributed by atoms with Crippen molar-refractivity contribution in [2.24, 2.45) is 0 Å². The molecule has 0 aliphatic rings. The lowest BCUT2D eigenvalue weighted by atomic mass is 10.3. The van der Waals surface area contributed by atoms with E-state index in [1.165, 1.54) is 0 Å². The third-order valence-corrected chi connectivity index (χ3v) is 2.94. The van der Waals surface area contributed by atoms with E-state index in [2.05, 4.69) is 36.8 Å². The zero-order valence-electron chi connectivity index (χ0n) is 7.08. The number of nitro groups is 1. The van der Waals surface area contributed by atoms with Crippen molar-refractivity contribution in [1.29, 1.82) is 0 Å². The van der Waals surface area contributed by atoms with Gasteiger partial charge in [-0.1, -0.05) is 15.9 Å². The van der Waals surface area contributed by atoms with Crippen LogP contribution in [0.3, 0.4) is 0 Å². The van der Waals surface area contributed by atoms with E-state index < -0.39 is 22.7 Å². The maximum atomic E-state index is 12.5. The molecule has 1 heterocycles. The van der Waals surface area contributed by atoms with Crippen molar-refractivity contribution in [1.82, 2.24) is 4.98 Å². The van der Waals surface area contributed by atoms with Gasteiger partial charge in [0.1, 0.15) is 10.2 Å². The number of hydrogen-bond donors (Lipinski definition) is 0. The molecule has 0 spiro atoms. The molecule has 0 aromatic carbocycles. The van der Waals surface area contributed by atoms with Crippen LogP contribution in [0.5, 0.6) is 0 Å². The molecule has 1 rings (SSSR count). The number of pyridine rings is 1. The third-order valence-electron chi connectivity index (χ3n) is 1.56. The number of aromatic nitrogens is 1. The Hall–Kier alpha value is -0.630. The first-order valence-corrected chi connectivity index (χ1v) is 5.56. The van der Waals surface area contributed by atoms with E-state index in [0.717, 1.165) is 6.07 Å². The molecule has 0 saturated carbocycles. The first-order chi connectivity index (χ1) is 6.97. The smallest absolute Gasteiger partial charge is 0.258 e. The average Bonchev–Trinajstić information content (AvgIpc) is 2.17. The molecule has 1 aromatic rings. The molecule has 0 unspecified atom stereocenters. The monoisotopic (exact) mass is 344 g/mol. The summed E-state index contributed by atoms with van der Waals surface area (Å²) < 4.78 is 24.6. The van der Waals surface area contributed by atoms with Gasteiger partial charge in [-0.25, -0.2) is 13.8 Å². The summed E-state index contributed by atoms with van der Waals surface area (Å²) in [6.07, 6.45) is -2.85. The predicted octanol–water partition coefficient (Wildman–Crippen LogP) is 3.58. The molecule has 0 amide bonds. The van der Waals surface area contributed by atoms with Crippen molar-refractivity contribution in [3.05, 3.63) is 32.0 Å². The van der Waals surface area contributed by atoms with Crippen LogP contribution < -0.4 is 0 Å². The zero-order chi connectivity index (χ0) is 11.6. The van der Waals surface area contributed by atoms with Gasteiger partial charge in [-0.2, -0.15) is 0 Å². The molecular formula is C7H4Br2F2N2O2. The van der Waals surface area contributed by atoms with Crippen LogP contribution in [0.2, 0.25) is 0 Å². The summed E-state index contributed by atoms with van der Waals surface area (Å²) in [6.45, 7) is 0. The summed E-state index contributed by atoms with van der Waals surface area (Å²) in [5.74, 6) is 0. The molecule has 0 fully saturated rings. The van der Waals surface area contributed by atoms with Gasteiger partial charge in [0.2, 0.25) is 0 Å². The van der Waals surface area contributed by atoms with Crippen LogP contribution in [0.25, 0.3) is 0 Å². The summed E-state index contributed by atoms with van der Waals surface area (Å²) in [4.78, 5) is 13.4. The molecule has 4 nitrogen and oxygen atoms in total. The topological polar surface area (TPSA) is 56.0 Å². The number of halogens is 4. The van der Waals surface area contributed by atoms with Crippen molar-refractivity contribution < 1.29 is 13.7 Å². The SMILES string of the molecule is O=[N+]([O-])c1cc(CBr)nc(C(F)F)c1Br. The predicted molar refractivity (Wildman–Crippen MR) is 56.2 cm³/mol. The Bertz CT molecular complexity index is 401. The van der Waals surface area contributed by atoms with Crippen molar-refractivity contribution in [3.63, 3.8) is 0 Å². The second-order valence-electron chi connectivity index (χ2n) is 2.52. The van der Waals surface area contributed by atoms with Crippen LogP contribution in [-0.4, -0.2) is 9.91 Å². The lowest BCUT2D eigenvalue weighted by Gasteiger charge is -2.05. The van der Waals surface area contributed by atoms with Gasteiger partial charge in [0.25, 0.3) is 12.1 Å². The quantitative estimate of drug-likeness (QED) is 0.478. The molecule has 0 aliphatic carbocycles. The molecule has 0 N–H and O–H groups in total. The molecule has 0 atom stereocenters. The summed E-state index contributed by atoms with van der Waals surface area (Å²) in [6, 6.07) is 1.14. The highest BCUT2D eigenvalue weighted by molar-refractivity contribution is 9.10. The van der Waals surface area contributed by atoms with Gasteiger partial charge in [0.05, 0.1) is 10.6 Å². The van der Waals surface area contributed by atoms with Gasteiger partial charge in [-0.05, 0) is 15.9 Å². The zero-order valence-corrected chi connectivity index (χ0v) is 10.3. The van der Waals surface area contributed by atoms with Crippen molar-refractivity contribution in [2.75, 3.05) is 0 Å². The second-order valence-corrected chi connectivity index (χ2v) is 3.88. The molecule has 8 heteroatoms. The Morgan fingerprint density at radius 1 is 1.60 bits per heavy atom. The fourth-order valence-electron chi connectivity index (χ4n) is 0.934. The molecule has 0 radical (unpaired) electrons. The maximum Gasteiger partial charge on any atom is 0.287 e. The highest BCUT2D eigenvalue weighted by Crippen LogP contribution is 2.34. The summed E-state index contributed by atoms with van der Waals surface area (Å²) in [5, 5.41) is 10.7. The molecule has 0 aliphatic heterocycles. The minimum Gasteiger partial charge on any atom is -0.258 e. The second kappa shape index (κ2) is 4.93. The molecule has 15 heavy (non-hydrogen) atoms. The summed E-state index contributed by atoms with van der Waals surface area (Å²) in [7, 11) is 0. The number of rotatable bonds is 3. The van der Waals surface area contributed by atoms with Crippen molar-refractivity contribution in [3.8, 4) is 0 Å². The Kier molecular flexibility index (Phi) is 4.09. The van der Waals surface area contributed by atoms with Gasteiger partial charge in [-0.15, -0.1) is 0 Å². The Balaban J connectivity index is 3.40. The van der Waals surface area contributed by atoms with E-state index in [0.29, 0.717) is 0 Å². The maximum absolute atomic E-state index is 12.5. The van der Waals surface area contributed by atoms with Gasteiger partial charge in [-0.3, -0.25) is 10.1 Å². The number of alkyl halides is 3. The normalized spacial score (nSPS) is 10.7. The first-order valence-electron chi connectivity index (χ1n) is 3.65. The summed E-state index contributed by atoms with van der Waals surface area (Å²) >= 11 is 5.75. The van der Waals surface area contributed by atoms with Gasteiger partial charge in [0.15, 0.2) is 0 Å². The van der Waals surface area contributed by atoms with E-state index >= 15 is 0 Å².